The number of hydrogen-bond acceptors (Lipinski definition) is 9. The summed E-state index contributed by atoms with van der Waals surface area (Å²) in [6.07, 6.45) is 2.02. The van der Waals surface area contributed by atoms with Gasteiger partial charge in [-0.15, -0.1) is 15.3 Å². The molecule has 0 unspecified atom stereocenters. The van der Waals surface area contributed by atoms with E-state index >= 15 is 0 Å². The van der Waals surface area contributed by atoms with Crippen LogP contribution < -0.4 is 10.2 Å². The zero-order valence-electron chi connectivity index (χ0n) is 15.5. The van der Waals surface area contributed by atoms with Crippen LogP contribution >= 0.6 is 22.7 Å². The number of fused-ring (bicyclic) bond motifs is 1. The van der Waals surface area contributed by atoms with Crippen molar-refractivity contribution in [2.45, 2.75) is 26.2 Å². The first kappa shape index (κ1) is 18.3. The number of amides is 1. The molecule has 1 aliphatic heterocycles. The number of imidazole rings is 1. The standard InChI is InChI=1S/C16H22N8OS2/c1-16(2,3)11-8-24-14(18-11)27-15(21-24)23-6-4-22(5-7-23)9-12(25)19-13-20-17-10-26-13/h8,10H,4-7,9H2,1-3H3,(H,19,20,25). The van der Waals surface area contributed by atoms with Gasteiger partial charge in [0.2, 0.25) is 21.1 Å². The van der Waals surface area contributed by atoms with Crippen molar-refractivity contribution in [3.8, 4) is 0 Å². The second-order valence-electron chi connectivity index (χ2n) is 7.54. The van der Waals surface area contributed by atoms with Crippen molar-refractivity contribution in [2.75, 3.05) is 42.9 Å². The average molecular weight is 407 g/mol. The molecule has 1 saturated heterocycles. The second-order valence-corrected chi connectivity index (χ2v) is 9.31. The molecule has 27 heavy (non-hydrogen) atoms. The fourth-order valence-corrected chi connectivity index (χ4v) is 4.26. The number of hydrogen-bond donors (Lipinski definition) is 1. The smallest absolute Gasteiger partial charge is 0.240 e. The van der Waals surface area contributed by atoms with E-state index in [4.69, 9.17) is 10.1 Å². The van der Waals surface area contributed by atoms with Crippen molar-refractivity contribution in [1.29, 1.82) is 0 Å². The Morgan fingerprint density at radius 1 is 1.26 bits per heavy atom. The highest BCUT2D eigenvalue weighted by atomic mass is 32.1. The van der Waals surface area contributed by atoms with Gasteiger partial charge in [0.05, 0.1) is 18.4 Å². The summed E-state index contributed by atoms with van der Waals surface area (Å²) in [7, 11) is 0. The predicted molar refractivity (Wildman–Crippen MR) is 107 cm³/mol. The SMILES string of the molecule is CC(C)(C)c1cn2nc(N3CCN(CC(=O)Nc4nncs4)CC3)sc2n1. The number of anilines is 2. The first-order valence-electron chi connectivity index (χ1n) is 8.78. The summed E-state index contributed by atoms with van der Waals surface area (Å²) in [5.41, 5.74) is 2.68. The highest BCUT2D eigenvalue weighted by Gasteiger charge is 2.24. The average Bonchev–Trinajstić information content (AvgIpc) is 3.30. The summed E-state index contributed by atoms with van der Waals surface area (Å²) >= 11 is 2.93. The Morgan fingerprint density at radius 2 is 2.04 bits per heavy atom. The maximum absolute atomic E-state index is 12.1. The lowest BCUT2D eigenvalue weighted by atomic mass is 9.93. The van der Waals surface area contributed by atoms with Gasteiger partial charge in [0.15, 0.2) is 0 Å². The normalized spacial score (nSPS) is 16.2. The minimum absolute atomic E-state index is 0.0223. The van der Waals surface area contributed by atoms with Crippen LogP contribution in [0.4, 0.5) is 10.3 Å². The van der Waals surface area contributed by atoms with E-state index in [-0.39, 0.29) is 11.3 Å². The van der Waals surface area contributed by atoms with Crippen molar-refractivity contribution in [2.24, 2.45) is 0 Å². The van der Waals surface area contributed by atoms with E-state index < -0.39 is 0 Å². The van der Waals surface area contributed by atoms with Gasteiger partial charge in [-0.1, -0.05) is 43.4 Å². The molecule has 9 nitrogen and oxygen atoms in total. The van der Waals surface area contributed by atoms with Gasteiger partial charge in [0.1, 0.15) is 5.51 Å². The van der Waals surface area contributed by atoms with Gasteiger partial charge >= 0.3 is 0 Å². The zero-order valence-corrected chi connectivity index (χ0v) is 17.2. The van der Waals surface area contributed by atoms with Crippen LogP contribution in [0.25, 0.3) is 4.96 Å². The fraction of sp³-hybridized carbons (Fsp3) is 0.562. The lowest BCUT2D eigenvalue weighted by Gasteiger charge is -2.33. The van der Waals surface area contributed by atoms with Gasteiger partial charge in [-0.25, -0.2) is 9.50 Å². The molecule has 11 heteroatoms. The third-order valence-corrected chi connectivity index (χ3v) is 6.01. The Morgan fingerprint density at radius 3 is 2.67 bits per heavy atom. The van der Waals surface area contributed by atoms with E-state index in [1.165, 1.54) is 11.3 Å². The summed E-state index contributed by atoms with van der Waals surface area (Å²) in [5.74, 6) is -0.0531. The summed E-state index contributed by atoms with van der Waals surface area (Å²) in [5, 5.41) is 16.5. The highest BCUT2D eigenvalue weighted by Crippen LogP contribution is 2.28. The largest absolute Gasteiger partial charge is 0.344 e. The van der Waals surface area contributed by atoms with E-state index in [1.54, 1.807) is 16.8 Å². The van der Waals surface area contributed by atoms with Crippen molar-refractivity contribution in [1.82, 2.24) is 29.7 Å². The zero-order chi connectivity index (χ0) is 19.0. The summed E-state index contributed by atoms with van der Waals surface area (Å²) in [6, 6.07) is 0. The molecule has 4 rings (SSSR count). The minimum atomic E-state index is -0.0531. The monoisotopic (exact) mass is 406 g/mol. The second kappa shape index (κ2) is 7.13. The topological polar surface area (TPSA) is 91.6 Å². The fourth-order valence-electron chi connectivity index (χ4n) is 2.87. The molecule has 0 atom stereocenters. The molecule has 1 fully saturated rings. The minimum Gasteiger partial charge on any atom is -0.344 e. The first-order chi connectivity index (χ1) is 12.9. The molecule has 0 bridgehead atoms. The molecule has 0 aromatic carbocycles. The van der Waals surface area contributed by atoms with E-state index in [0.717, 1.165) is 42.0 Å². The number of piperazine rings is 1. The number of carbonyl (C=O) groups is 1. The maximum Gasteiger partial charge on any atom is 0.240 e. The number of aromatic nitrogens is 5. The third-order valence-electron chi connectivity index (χ3n) is 4.42. The molecule has 4 heterocycles. The molecule has 0 radical (unpaired) electrons. The van der Waals surface area contributed by atoms with Crippen molar-refractivity contribution >= 4 is 43.8 Å². The molecule has 3 aromatic rings. The summed E-state index contributed by atoms with van der Waals surface area (Å²) in [6.45, 7) is 10.1. The van der Waals surface area contributed by atoms with Gasteiger partial charge < -0.3 is 4.90 Å². The molecule has 144 valence electrons. The molecule has 1 N–H and O–H groups in total. The lowest BCUT2D eigenvalue weighted by molar-refractivity contribution is -0.117. The van der Waals surface area contributed by atoms with Crippen LogP contribution in [0.15, 0.2) is 11.7 Å². The number of rotatable bonds is 4. The Balaban J connectivity index is 1.33. The highest BCUT2D eigenvalue weighted by molar-refractivity contribution is 7.20. The molecule has 1 amide bonds. The van der Waals surface area contributed by atoms with Gasteiger partial charge in [-0.2, -0.15) is 0 Å². The Labute approximate surface area is 165 Å². The van der Waals surface area contributed by atoms with Crippen LogP contribution in [-0.4, -0.2) is 68.3 Å². The number of carbonyl (C=O) groups excluding carboxylic acids is 1. The van der Waals surface area contributed by atoms with Crippen LogP contribution in [0, 0.1) is 0 Å². The van der Waals surface area contributed by atoms with Crippen LogP contribution in [-0.2, 0) is 10.2 Å². The summed E-state index contributed by atoms with van der Waals surface area (Å²) in [4.78, 5) is 22.1. The Hall–Kier alpha value is -2.11. The van der Waals surface area contributed by atoms with Gasteiger partial charge in [0, 0.05) is 31.6 Å². The van der Waals surface area contributed by atoms with Gasteiger partial charge in [-0.05, 0) is 0 Å². The molecule has 0 saturated carbocycles. The van der Waals surface area contributed by atoms with E-state index in [2.05, 4.69) is 46.1 Å². The molecular formula is C16H22N8OS2. The van der Waals surface area contributed by atoms with Crippen LogP contribution in [0.3, 0.4) is 0 Å². The van der Waals surface area contributed by atoms with Gasteiger partial charge in [0.25, 0.3) is 0 Å². The quantitative estimate of drug-likeness (QED) is 0.705. The van der Waals surface area contributed by atoms with E-state index in [0.29, 0.717) is 11.7 Å². The summed E-state index contributed by atoms with van der Waals surface area (Å²) < 4.78 is 1.88. The number of nitrogens with zero attached hydrogens (tertiary/aromatic N) is 7. The lowest BCUT2D eigenvalue weighted by Crippen LogP contribution is -2.48. The predicted octanol–water partition coefficient (Wildman–Crippen LogP) is 1.70. The molecule has 3 aromatic heterocycles. The van der Waals surface area contributed by atoms with Gasteiger partial charge in [-0.3, -0.25) is 15.0 Å². The molecule has 0 spiro atoms. The Bertz CT molecular complexity index is 887. The first-order valence-corrected chi connectivity index (χ1v) is 10.5. The van der Waals surface area contributed by atoms with Crippen molar-refractivity contribution < 1.29 is 4.79 Å². The van der Waals surface area contributed by atoms with Crippen LogP contribution in [0.1, 0.15) is 26.5 Å². The third kappa shape index (κ3) is 4.09. The molecular weight excluding hydrogens is 384 g/mol. The molecule has 1 aliphatic rings. The van der Waals surface area contributed by atoms with Crippen molar-refractivity contribution in [3.05, 3.63) is 17.4 Å². The van der Waals surface area contributed by atoms with Crippen LogP contribution in [0.5, 0.6) is 0 Å². The van der Waals surface area contributed by atoms with E-state index in [1.807, 2.05) is 10.7 Å². The number of nitrogens with one attached hydrogen (secondary N) is 1. The van der Waals surface area contributed by atoms with Crippen molar-refractivity contribution in [3.63, 3.8) is 0 Å². The Kier molecular flexibility index (Phi) is 4.82. The maximum atomic E-state index is 12.1. The van der Waals surface area contributed by atoms with E-state index in [9.17, 15) is 4.79 Å². The molecule has 0 aliphatic carbocycles. The van der Waals surface area contributed by atoms with Crippen LogP contribution in [0.2, 0.25) is 0 Å².